The highest BCUT2D eigenvalue weighted by Crippen LogP contribution is 2.34. The number of fused-ring (bicyclic) bond motifs is 1. The van der Waals surface area contributed by atoms with Gasteiger partial charge in [0.05, 0.1) is 17.3 Å². The Kier molecular flexibility index (Phi) is 8.85. The molecule has 2 fully saturated rings. The molecule has 3 aromatic rings. The number of rotatable bonds is 12. The summed E-state index contributed by atoms with van der Waals surface area (Å²) in [7, 11) is 0. The Morgan fingerprint density at radius 1 is 1.16 bits per heavy atom. The van der Waals surface area contributed by atoms with Gasteiger partial charge in [0, 0.05) is 18.9 Å². The molecule has 1 aliphatic heterocycles. The number of hydrogen-bond donors (Lipinski definition) is 2. The summed E-state index contributed by atoms with van der Waals surface area (Å²) < 4.78 is 68.9. The first kappa shape index (κ1) is 30.3. The number of benzene rings is 2. The summed E-state index contributed by atoms with van der Waals surface area (Å²) in [5.74, 6) is -3.54. The number of ketones is 1. The van der Waals surface area contributed by atoms with Crippen LogP contribution in [0.2, 0.25) is 0 Å². The van der Waals surface area contributed by atoms with E-state index < -0.39 is 41.5 Å². The fraction of sp³-hybridized carbons (Fsp3) is 0.448. The molecule has 0 radical (unpaired) electrons. The van der Waals surface area contributed by atoms with Crippen LogP contribution in [-0.2, 0) is 20.9 Å². The quantitative estimate of drug-likeness (QED) is 0.225. The molecule has 1 saturated carbocycles. The predicted molar refractivity (Wildman–Crippen MR) is 145 cm³/mol. The van der Waals surface area contributed by atoms with Crippen molar-refractivity contribution in [1.82, 2.24) is 15.1 Å². The van der Waals surface area contributed by atoms with E-state index in [0.717, 1.165) is 43.9 Å². The number of carbonyl (C=O) groups is 3. The van der Waals surface area contributed by atoms with Crippen LogP contribution in [0.1, 0.15) is 49.5 Å². The zero-order valence-corrected chi connectivity index (χ0v) is 23.2. The van der Waals surface area contributed by atoms with Crippen LogP contribution in [0.3, 0.4) is 0 Å². The molecule has 2 heterocycles. The molecule has 43 heavy (non-hydrogen) atoms. The molecule has 14 heteroatoms. The van der Waals surface area contributed by atoms with E-state index in [1.807, 2.05) is 0 Å². The van der Waals surface area contributed by atoms with Crippen LogP contribution in [0.5, 0.6) is 11.5 Å². The van der Waals surface area contributed by atoms with Crippen LogP contribution in [0, 0.1) is 11.7 Å². The Balaban J connectivity index is 1.29. The van der Waals surface area contributed by atoms with Crippen molar-refractivity contribution >= 4 is 34.2 Å². The molecule has 5 rings (SSSR count). The van der Waals surface area contributed by atoms with E-state index in [1.54, 1.807) is 18.2 Å². The summed E-state index contributed by atoms with van der Waals surface area (Å²) in [6, 6.07) is 6.93. The van der Waals surface area contributed by atoms with E-state index in [9.17, 15) is 31.9 Å². The zero-order valence-electron chi connectivity index (χ0n) is 23.2. The van der Waals surface area contributed by atoms with Gasteiger partial charge >= 0.3 is 6.36 Å². The van der Waals surface area contributed by atoms with E-state index in [4.69, 9.17) is 9.47 Å². The van der Waals surface area contributed by atoms with Crippen molar-refractivity contribution in [3.05, 3.63) is 47.9 Å². The smallest absolute Gasteiger partial charge is 0.491 e. The molecule has 2 aliphatic rings. The number of amides is 2. The minimum absolute atomic E-state index is 0.00355. The largest absolute Gasteiger partial charge is 0.573 e. The number of alkyl halides is 3. The molecule has 2 atom stereocenters. The average molecular weight is 607 g/mol. The van der Waals surface area contributed by atoms with Crippen molar-refractivity contribution in [3.8, 4) is 11.5 Å². The lowest BCUT2D eigenvalue weighted by Gasteiger charge is -2.19. The van der Waals surface area contributed by atoms with Gasteiger partial charge in [0.1, 0.15) is 30.6 Å². The molecule has 2 aromatic carbocycles. The SMILES string of the molecule is CC(=O)c1nn(CC(=O)N[C@@H](CC2CC2)C(=O)Nc2cccc(OC(F)(F)F)c2F)c2ccc(OCC3CCCO3)cc12. The van der Waals surface area contributed by atoms with Crippen molar-refractivity contribution in [1.29, 1.82) is 0 Å². The van der Waals surface area contributed by atoms with Crippen molar-refractivity contribution < 1.29 is 46.2 Å². The third-order valence-corrected chi connectivity index (χ3v) is 7.17. The van der Waals surface area contributed by atoms with Gasteiger partial charge in [-0.25, -0.2) is 4.39 Å². The number of nitrogens with zero attached hydrogens (tertiary/aromatic N) is 2. The van der Waals surface area contributed by atoms with Gasteiger partial charge in [0.25, 0.3) is 0 Å². The van der Waals surface area contributed by atoms with Crippen LogP contribution < -0.4 is 20.1 Å². The molecular formula is C29H30F4N4O6. The summed E-state index contributed by atoms with van der Waals surface area (Å²) in [4.78, 5) is 38.5. The van der Waals surface area contributed by atoms with Gasteiger partial charge < -0.3 is 24.8 Å². The first-order valence-electron chi connectivity index (χ1n) is 13.9. The number of aromatic nitrogens is 2. The first-order valence-corrected chi connectivity index (χ1v) is 13.9. The van der Waals surface area contributed by atoms with Crippen LogP contribution in [-0.4, -0.2) is 59.1 Å². The van der Waals surface area contributed by atoms with E-state index in [1.165, 1.54) is 11.6 Å². The molecule has 230 valence electrons. The molecule has 1 unspecified atom stereocenters. The number of Topliss-reactive ketones (excluding diaryl/α,β-unsaturated/α-hetero) is 1. The van der Waals surface area contributed by atoms with E-state index >= 15 is 0 Å². The highest BCUT2D eigenvalue weighted by atomic mass is 19.4. The molecule has 1 aliphatic carbocycles. The van der Waals surface area contributed by atoms with Crippen molar-refractivity contribution in [2.45, 2.75) is 64.1 Å². The summed E-state index contributed by atoms with van der Waals surface area (Å²) in [5.41, 5.74) is 0.120. The van der Waals surface area contributed by atoms with E-state index in [-0.39, 0.29) is 36.5 Å². The second-order valence-corrected chi connectivity index (χ2v) is 10.6. The van der Waals surface area contributed by atoms with Gasteiger partial charge in [-0.3, -0.25) is 19.1 Å². The van der Waals surface area contributed by atoms with E-state index in [0.29, 0.717) is 29.9 Å². The molecule has 0 spiro atoms. The fourth-order valence-electron chi connectivity index (χ4n) is 4.92. The topological polar surface area (TPSA) is 121 Å². The van der Waals surface area contributed by atoms with Gasteiger partial charge in [-0.1, -0.05) is 18.9 Å². The van der Waals surface area contributed by atoms with Crippen molar-refractivity contribution in [2.24, 2.45) is 5.92 Å². The Morgan fingerprint density at radius 3 is 2.63 bits per heavy atom. The molecule has 10 nitrogen and oxygen atoms in total. The predicted octanol–water partition coefficient (Wildman–Crippen LogP) is 4.76. The Bertz CT molecular complexity index is 1510. The van der Waals surface area contributed by atoms with Crippen LogP contribution in [0.25, 0.3) is 10.9 Å². The summed E-state index contributed by atoms with van der Waals surface area (Å²) in [6.45, 7) is 2.08. The van der Waals surface area contributed by atoms with Gasteiger partial charge in [-0.15, -0.1) is 13.2 Å². The Hall–Kier alpha value is -4.20. The zero-order chi connectivity index (χ0) is 30.7. The molecule has 2 N–H and O–H groups in total. The maximum absolute atomic E-state index is 14.6. The average Bonchev–Trinajstić information content (AvgIpc) is 3.46. The minimum atomic E-state index is -5.12. The second-order valence-electron chi connectivity index (χ2n) is 10.6. The fourth-order valence-corrected chi connectivity index (χ4v) is 4.92. The summed E-state index contributed by atoms with van der Waals surface area (Å²) in [5, 5.41) is 9.70. The molecule has 1 aromatic heterocycles. The molecule has 2 amide bonds. The minimum Gasteiger partial charge on any atom is -0.491 e. The highest BCUT2D eigenvalue weighted by Gasteiger charge is 2.34. The lowest BCUT2D eigenvalue weighted by Crippen LogP contribution is -2.45. The van der Waals surface area contributed by atoms with Gasteiger partial charge in [-0.2, -0.15) is 5.10 Å². The summed E-state index contributed by atoms with van der Waals surface area (Å²) in [6.07, 6.45) is -1.31. The van der Waals surface area contributed by atoms with Gasteiger partial charge in [0.15, 0.2) is 17.3 Å². The van der Waals surface area contributed by atoms with E-state index in [2.05, 4.69) is 20.5 Å². The lowest BCUT2D eigenvalue weighted by molar-refractivity contribution is -0.275. The number of halogens is 4. The van der Waals surface area contributed by atoms with Gasteiger partial charge in [0.2, 0.25) is 11.8 Å². The number of anilines is 1. The van der Waals surface area contributed by atoms with Crippen LogP contribution in [0.4, 0.5) is 23.2 Å². The first-order chi connectivity index (χ1) is 20.5. The third-order valence-electron chi connectivity index (χ3n) is 7.17. The normalized spacial score (nSPS) is 17.5. The maximum Gasteiger partial charge on any atom is 0.573 e. The summed E-state index contributed by atoms with van der Waals surface area (Å²) >= 11 is 0. The Labute approximate surface area is 243 Å². The Morgan fingerprint density at radius 2 is 1.95 bits per heavy atom. The standard InChI is InChI=1S/C29H30F4N4O6/c1-16(38)27-20-13-18(42-15-19-4-3-11-41-19)9-10-23(20)37(36-27)14-25(39)34-22(12-17-7-8-17)28(40)35-21-5-2-6-24(26(21)30)43-29(31,32)33/h2,5-6,9-10,13,17,19,22H,3-4,7-8,11-12,14-15H2,1H3,(H,34,39)(H,35,40)/t19?,22-/m0/s1. The number of carbonyl (C=O) groups excluding carboxylic acids is 3. The number of nitrogens with one attached hydrogen (secondary N) is 2. The van der Waals surface area contributed by atoms with Crippen molar-refractivity contribution in [3.63, 3.8) is 0 Å². The molecule has 1 saturated heterocycles. The third kappa shape index (κ3) is 7.80. The molecule has 0 bridgehead atoms. The van der Waals surface area contributed by atoms with Crippen LogP contribution in [0.15, 0.2) is 36.4 Å². The van der Waals surface area contributed by atoms with Crippen molar-refractivity contribution in [2.75, 3.05) is 18.5 Å². The number of ether oxygens (including phenoxy) is 3. The second kappa shape index (κ2) is 12.6. The highest BCUT2D eigenvalue weighted by molar-refractivity contribution is 6.05. The lowest BCUT2D eigenvalue weighted by atomic mass is 10.1. The van der Waals surface area contributed by atoms with Crippen LogP contribution >= 0.6 is 0 Å². The molecular weight excluding hydrogens is 576 g/mol. The maximum atomic E-state index is 14.6. The number of hydrogen-bond acceptors (Lipinski definition) is 7. The van der Waals surface area contributed by atoms with Gasteiger partial charge in [-0.05, 0) is 55.5 Å². The monoisotopic (exact) mass is 606 g/mol.